The molecule has 1 fully saturated rings. The fraction of sp³-hybridized carbons (Fsp3) is 0.333. The Hall–Kier alpha value is -3.33. The van der Waals surface area contributed by atoms with Crippen LogP contribution in [0.5, 0.6) is 0 Å². The molecule has 2 heterocycles. The predicted molar refractivity (Wildman–Crippen MR) is 133 cm³/mol. The number of fused-ring (bicyclic) bond motifs is 1. The maximum absolute atomic E-state index is 13.3. The van der Waals surface area contributed by atoms with Crippen LogP contribution in [0.2, 0.25) is 0 Å². The average molecular weight is 568 g/mol. The third kappa shape index (κ3) is 7.01. The molecule has 0 aromatic heterocycles. The number of β-lactam (4-membered cyclic amide) rings is 1. The summed E-state index contributed by atoms with van der Waals surface area (Å²) in [7, 11) is 1.27. The number of amides is 6. The van der Waals surface area contributed by atoms with Crippen molar-refractivity contribution in [3.05, 3.63) is 58.8 Å². The number of carboxylic acid groups (broad SMARTS) is 1. The van der Waals surface area contributed by atoms with Crippen molar-refractivity contribution in [2.45, 2.75) is 31.3 Å². The zero-order chi connectivity index (χ0) is 28.1. The van der Waals surface area contributed by atoms with Gasteiger partial charge in [-0.05, 0) is 19.4 Å². The number of nitrogens with two attached hydrogens (primary N) is 1. The number of allylic oxidation sites excluding steroid dienone is 1. The number of ether oxygens (including phenoxy) is 1. The van der Waals surface area contributed by atoms with Gasteiger partial charge in [0.05, 0.1) is 11.7 Å². The number of thioether (sulfide) groups is 1. The van der Waals surface area contributed by atoms with Crippen LogP contribution in [0.25, 0.3) is 0 Å². The van der Waals surface area contributed by atoms with E-state index in [9.17, 15) is 33.9 Å². The molecule has 6 amide bonds. The number of urea groups is 1. The summed E-state index contributed by atoms with van der Waals surface area (Å²) in [5.41, 5.74) is 5.34. The first-order chi connectivity index (χ1) is 18.0. The summed E-state index contributed by atoms with van der Waals surface area (Å²) in [6, 6.07) is 5.00. The number of nitrogens with one attached hydrogen (secondary N) is 2. The standard InChI is InChI=1S/C24H27N5O8S.Na/c1-4-12(2)19(31)28(3)24(36)27-15(13-8-6-5-7-9-13)18(30)26-16-20(32)29-17(22(33)34)14(10-37-23(25)35)11-38-21(16)29;/h4-9,15-16,21H,10-11H2,1-3H3,(H2,25,35)(H,26,30)(H,27,36)(H,33,34);/q;+1/p-1/t15?,16?,21-;/m0./s1. The van der Waals surface area contributed by atoms with Gasteiger partial charge in [0.25, 0.3) is 11.8 Å². The Balaban J connectivity index is 0.00000533. The normalized spacial score (nSPS) is 19.0. The number of benzene rings is 1. The van der Waals surface area contributed by atoms with Crippen LogP contribution in [0.3, 0.4) is 0 Å². The first-order valence-corrected chi connectivity index (χ1v) is 12.4. The monoisotopic (exact) mass is 567 g/mol. The Kier molecular flexibility index (Phi) is 11.2. The summed E-state index contributed by atoms with van der Waals surface area (Å²) in [6.07, 6.45) is 0.439. The zero-order valence-corrected chi connectivity index (χ0v) is 24.6. The summed E-state index contributed by atoms with van der Waals surface area (Å²) in [4.78, 5) is 75.9. The van der Waals surface area contributed by atoms with Gasteiger partial charge in [-0.1, -0.05) is 36.4 Å². The van der Waals surface area contributed by atoms with Crippen LogP contribution < -0.4 is 51.0 Å². The molecule has 1 aromatic rings. The molecule has 0 saturated carbocycles. The first kappa shape index (κ1) is 31.9. The molecule has 0 aliphatic carbocycles. The number of aliphatic carboxylic acids is 1. The van der Waals surface area contributed by atoms with E-state index < -0.39 is 65.6 Å². The van der Waals surface area contributed by atoms with Crippen LogP contribution in [0.15, 0.2) is 53.3 Å². The van der Waals surface area contributed by atoms with E-state index in [1.54, 1.807) is 50.3 Å². The molecule has 3 atom stereocenters. The average Bonchev–Trinajstić information content (AvgIpc) is 2.91. The van der Waals surface area contributed by atoms with Crippen LogP contribution in [0.1, 0.15) is 25.5 Å². The van der Waals surface area contributed by atoms with Crippen molar-refractivity contribution in [3.63, 3.8) is 0 Å². The number of carbonyl (C=O) groups is 6. The molecule has 0 spiro atoms. The SMILES string of the molecule is CC=C(C)C(=O)N(C)C(=O)NC(C(=O)NC1C(=O)N2C(C(=O)[O-])=C(COC(N)=O)CS[C@@H]12)c1ccccc1.[Na+]. The van der Waals surface area contributed by atoms with E-state index in [4.69, 9.17) is 5.73 Å². The van der Waals surface area contributed by atoms with Gasteiger partial charge in [0, 0.05) is 23.9 Å². The van der Waals surface area contributed by atoms with E-state index in [2.05, 4.69) is 15.4 Å². The van der Waals surface area contributed by atoms with Crippen molar-refractivity contribution in [2.75, 3.05) is 19.4 Å². The second-order valence-electron chi connectivity index (χ2n) is 8.37. The number of hydrogen-bond acceptors (Lipinski definition) is 9. The molecule has 15 heteroatoms. The van der Waals surface area contributed by atoms with Gasteiger partial charge in [0.2, 0.25) is 5.91 Å². The molecule has 4 N–H and O–H groups in total. The third-order valence-electron chi connectivity index (χ3n) is 5.97. The van der Waals surface area contributed by atoms with Crippen LogP contribution >= 0.6 is 11.8 Å². The molecule has 13 nitrogen and oxygen atoms in total. The van der Waals surface area contributed by atoms with Gasteiger partial charge < -0.3 is 31.0 Å². The fourth-order valence-corrected chi connectivity index (χ4v) is 5.15. The summed E-state index contributed by atoms with van der Waals surface area (Å²) < 4.78 is 4.67. The Morgan fingerprint density at radius 1 is 1.26 bits per heavy atom. The van der Waals surface area contributed by atoms with Gasteiger partial charge in [-0.2, -0.15) is 0 Å². The number of carbonyl (C=O) groups excluding carboxylic acids is 6. The van der Waals surface area contributed by atoms with Crippen molar-refractivity contribution >= 4 is 47.6 Å². The summed E-state index contributed by atoms with van der Waals surface area (Å²) in [5, 5.41) is 16.1. The smallest absolute Gasteiger partial charge is 0.543 e. The van der Waals surface area contributed by atoms with E-state index >= 15 is 0 Å². The topological polar surface area (TPSA) is 191 Å². The minimum Gasteiger partial charge on any atom is -0.543 e. The van der Waals surface area contributed by atoms with Gasteiger partial charge in [-0.15, -0.1) is 11.8 Å². The third-order valence-corrected chi connectivity index (χ3v) is 7.31. The fourth-order valence-electron chi connectivity index (χ4n) is 3.82. The van der Waals surface area contributed by atoms with E-state index in [1.807, 2.05) is 0 Å². The molecular formula is C24H26N5NaO8S. The maximum atomic E-state index is 13.3. The molecule has 3 rings (SSSR count). The van der Waals surface area contributed by atoms with Gasteiger partial charge in [0.1, 0.15) is 24.1 Å². The minimum absolute atomic E-state index is 0. The molecule has 0 radical (unpaired) electrons. The van der Waals surface area contributed by atoms with Crippen molar-refractivity contribution < 1.29 is 68.2 Å². The van der Waals surface area contributed by atoms with Crippen LogP contribution in [-0.4, -0.2) is 76.4 Å². The quantitative estimate of drug-likeness (QED) is 0.162. The summed E-state index contributed by atoms with van der Waals surface area (Å²) in [5.74, 6) is -3.59. The van der Waals surface area contributed by atoms with Crippen LogP contribution in [0.4, 0.5) is 9.59 Å². The predicted octanol–water partition coefficient (Wildman–Crippen LogP) is -3.63. The number of likely N-dealkylation sites (N-methyl/N-ethyl adjacent to an activating group) is 1. The van der Waals surface area contributed by atoms with Gasteiger partial charge in [-0.3, -0.25) is 24.2 Å². The van der Waals surface area contributed by atoms with Crippen LogP contribution in [-0.2, 0) is 23.9 Å². The zero-order valence-electron chi connectivity index (χ0n) is 21.8. The molecule has 1 saturated heterocycles. The van der Waals surface area contributed by atoms with Crippen molar-refractivity contribution in [3.8, 4) is 0 Å². The van der Waals surface area contributed by atoms with E-state index in [0.29, 0.717) is 11.1 Å². The maximum Gasteiger partial charge on any atom is 1.00 e. The Morgan fingerprint density at radius 3 is 2.46 bits per heavy atom. The van der Waals surface area contributed by atoms with Gasteiger partial charge in [0.15, 0.2) is 0 Å². The molecular weight excluding hydrogens is 541 g/mol. The largest absolute Gasteiger partial charge is 1.00 e. The molecule has 2 aliphatic rings. The number of carboxylic acids is 1. The summed E-state index contributed by atoms with van der Waals surface area (Å²) >= 11 is 1.15. The van der Waals surface area contributed by atoms with Crippen molar-refractivity contribution in [1.29, 1.82) is 0 Å². The van der Waals surface area contributed by atoms with Crippen LogP contribution in [0, 0.1) is 0 Å². The number of imide groups is 1. The summed E-state index contributed by atoms with van der Waals surface area (Å²) in [6.45, 7) is 2.76. The van der Waals surface area contributed by atoms with Gasteiger partial charge in [-0.25, -0.2) is 9.59 Å². The number of rotatable bonds is 8. The number of nitrogens with zero attached hydrogens (tertiary/aromatic N) is 2. The Labute approximate surface area is 250 Å². The second-order valence-corrected chi connectivity index (χ2v) is 9.48. The molecule has 39 heavy (non-hydrogen) atoms. The number of primary amides is 1. The molecule has 2 unspecified atom stereocenters. The van der Waals surface area contributed by atoms with Crippen molar-refractivity contribution in [1.82, 2.24) is 20.4 Å². The molecule has 1 aromatic carbocycles. The van der Waals surface area contributed by atoms with Gasteiger partial charge >= 0.3 is 41.7 Å². The first-order valence-electron chi connectivity index (χ1n) is 11.3. The molecule has 202 valence electrons. The number of hydrogen-bond donors (Lipinski definition) is 3. The Bertz CT molecular complexity index is 1240. The second kappa shape index (κ2) is 13.6. The molecule has 2 aliphatic heterocycles. The van der Waals surface area contributed by atoms with Crippen molar-refractivity contribution in [2.24, 2.45) is 5.73 Å². The molecule has 0 bridgehead atoms. The minimum atomic E-state index is -1.64. The Morgan fingerprint density at radius 2 is 1.90 bits per heavy atom. The van der Waals surface area contributed by atoms with E-state index in [0.717, 1.165) is 21.6 Å². The van der Waals surface area contributed by atoms with E-state index in [1.165, 1.54) is 7.05 Å². The van der Waals surface area contributed by atoms with E-state index in [-0.39, 0.29) is 40.9 Å².